The van der Waals surface area contributed by atoms with E-state index in [-0.39, 0.29) is 0 Å². The van der Waals surface area contributed by atoms with E-state index in [9.17, 15) is 0 Å². The first-order chi connectivity index (χ1) is 6.24. The fourth-order valence-corrected chi connectivity index (χ4v) is 1.62. The van der Waals surface area contributed by atoms with Crippen molar-refractivity contribution in [2.24, 2.45) is 0 Å². The SMILES string of the molecule is C=Cc1ccc(=C/C)/c(=C\C)c1C. The summed E-state index contributed by atoms with van der Waals surface area (Å²) in [7, 11) is 0. The molecule has 0 heterocycles. The van der Waals surface area contributed by atoms with Crippen molar-refractivity contribution in [3.05, 3.63) is 40.3 Å². The third kappa shape index (κ3) is 1.72. The van der Waals surface area contributed by atoms with Crippen molar-refractivity contribution in [1.82, 2.24) is 0 Å². The minimum absolute atomic E-state index is 1.22. The average Bonchev–Trinajstić information content (AvgIpc) is 2.17. The van der Waals surface area contributed by atoms with E-state index in [1.165, 1.54) is 21.6 Å². The highest BCUT2D eigenvalue weighted by molar-refractivity contribution is 5.53. The van der Waals surface area contributed by atoms with Gasteiger partial charge >= 0.3 is 0 Å². The molecule has 1 rings (SSSR count). The maximum atomic E-state index is 3.80. The van der Waals surface area contributed by atoms with E-state index < -0.39 is 0 Å². The zero-order valence-corrected chi connectivity index (χ0v) is 8.59. The van der Waals surface area contributed by atoms with Crippen LogP contribution in [0.4, 0.5) is 0 Å². The molecule has 1 aromatic rings. The summed E-state index contributed by atoms with van der Waals surface area (Å²) >= 11 is 0. The Hall–Kier alpha value is -1.30. The molecule has 0 nitrogen and oxygen atoms in total. The molecule has 0 saturated heterocycles. The standard InChI is InChI=1S/C13H16/c1-5-11-8-9-12(6-2)13(7-3)10(11)4/h5-9H,1H2,2-4H3/b12-6-,13-7-. The van der Waals surface area contributed by atoms with Crippen molar-refractivity contribution >= 4 is 18.2 Å². The van der Waals surface area contributed by atoms with Gasteiger partial charge in [0.2, 0.25) is 0 Å². The topological polar surface area (TPSA) is 0 Å². The molecular formula is C13H16. The lowest BCUT2D eigenvalue weighted by Crippen LogP contribution is -2.27. The maximum Gasteiger partial charge on any atom is -0.0195 e. The zero-order chi connectivity index (χ0) is 9.84. The van der Waals surface area contributed by atoms with Crippen LogP contribution in [0.25, 0.3) is 18.2 Å². The highest BCUT2D eigenvalue weighted by atomic mass is 14.0. The second-order valence-electron chi connectivity index (χ2n) is 3.06. The molecule has 0 aliphatic rings. The molecule has 0 heteroatoms. The Morgan fingerprint density at radius 1 is 1.15 bits per heavy atom. The van der Waals surface area contributed by atoms with Gasteiger partial charge in [0.15, 0.2) is 0 Å². The fraction of sp³-hybridized carbons (Fsp3) is 0.231. The van der Waals surface area contributed by atoms with E-state index in [0.717, 1.165) is 0 Å². The highest BCUT2D eigenvalue weighted by Gasteiger charge is 1.94. The maximum absolute atomic E-state index is 3.80. The molecule has 0 radical (unpaired) electrons. The van der Waals surface area contributed by atoms with Crippen LogP contribution < -0.4 is 10.4 Å². The number of hydrogen-bond acceptors (Lipinski definition) is 0. The van der Waals surface area contributed by atoms with Crippen LogP contribution in [0.5, 0.6) is 0 Å². The van der Waals surface area contributed by atoms with E-state index >= 15 is 0 Å². The Morgan fingerprint density at radius 2 is 1.85 bits per heavy atom. The van der Waals surface area contributed by atoms with Crippen molar-refractivity contribution in [3.8, 4) is 0 Å². The van der Waals surface area contributed by atoms with Crippen molar-refractivity contribution < 1.29 is 0 Å². The van der Waals surface area contributed by atoms with Crippen LogP contribution in [0.2, 0.25) is 0 Å². The molecule has 1 aromatic carbocycles. The van der Waals surface area contributed by atoms with Crippen LogP contribution in [0.15, 0.2) is 18.7 Å². The van der Waals surface area contributed by atoms with Gasteiger partial charge in [-0.1, -0.05) is 36.9 Å². The van der Waals surface area contributed by atoms with Gasteiger partial charge in [-0.15, -0.1) is 0 Å². The van der Waals surface area contributed by atoms with Gasteiger partial charge in [0.05, 0.1) is 0 Å². The van der Waals surface area contributed by atoms with Crippen molar-refractivity contribution in [2.75, 3.05) is 0 Å². The molecule has 0 bridgehead atoms. The molecule has 13 heavy (non-hydrogen) atoms. The molecular weight excluding hydrogens is 156 g/mol. The van der Waals surface area contributed by atoms with Crippen LogP contribution in [0.3, 0.4) is 0 Å². The quantitative estimate of drug-likeness (QED) is 0.609. The lowest BCUT2D eigenvalue weighted by atomic mass is 10.0. The summed E-state index contributed by atoms with van der Waals surface area (Å²) in [5.41, 5.74) is 2.53. The first-order valence-corrected chi connectivity index (χ1v) is 4.59. The summed E-state index contributed by atoms with van der Waals surface area (Å²) in [6.45, 7) is 10.1. The van der Waals surface area contributed by atoms with Gasteiger partial charge < -0.3 is 0 Å². The smallest absolute Gasteiger partial charge is 0.0195 e. The van der Waals surface area contributed by atoms with Gasteiger partial charge in [-0.05, 0) is 42.3 Å². The van der Waals surface area contributed by atoms with Crippen LogP contribution in [0.1, 0.15) is 25.0 Å². The third-order valence-corrected chi connectivity index (χ3v) is 2.41. The Labute approximate surface area is 79.9 Å². The van der Waals surface area contributed by atoms with E-state index in [1.54, 1.807) is 0 Å². The zero-order valence-electron chi connectivity index (χ0n) is 8.59. The minimum atomic E-state index is 1.22. The van der Waals surface area contributed by atoms with Gasteiger partial charge in [-0.2, -0.15) is 0 Å². The minimum Gasteiger partial charge on any atom is -0.0985 e. The summed E-state index contributed by atoms with van der Waals surface area (Å²) < 4.78 is 0. The van der Waals surface area contributed by atoms with Gasteiger partial charge in [-0.25, -0.2) is 0 Å². The largest absolute Gasteiger partial charge is 0.0985 e. The summed E-state index contributed by atoms with van der Waals surface area (Å²) in [6, 6.07) is 4.25. The summed E-state index contributed by atoms with van der Waals surface area (Å²) in [5, 5.41) is 2.62. The number of benzene rings is 1. The van der Waals surface area contributed by atoms with Crippen molar-refractivity contribution in [1.29, 1.82) is 0 Å². The Balaban J connectivity index is 3.71. The summed E-state index contributed by atoms with van der Waals surface area (Å²) in [6.07, 6.45) is 6.19. The monoisotopic (exact) mass is 172 g/mol. The van der Waals surface area contributed by atoms with Gasteiger partial charge in [0.25, 0.3) is 0 Å². The first kappa shape index (κ1) is 9.79. The van der Waals surface area contributed by atoms with E-state index in [0.29, 0.717) is 0 Å². The predicted molar refractivity (Wildman–Crippen MR) is 60.8 cm³/mol. The Morgan fingerprint density at radius 3 is 2.31 bits per heavy atom. The van der Waals surface area contributed by atoms with Crippen molar-refractivity contribution in [3.63, 3.8) is 0 Å². The molecule has 0 fully saturated rings. The average molecular weight is 172 g/mol. The molecule has 0 aliphatic heterocycles. The lowest BCUT2D eigenvalue weighted by molar-refractivity contribution is 1.34. The molecule has 0 atom stereocenters. The predicted octanol–water partition coefficient (Wildman–Crippen LogP) is 2.24. The molecule has 0 amide bonds. The number of hydrogen-bond donors (Lipinski definition) is 0. The molecule has 0 saturated carbocycles. The van der Waals surface area contributed by atoms with Crippen LogP contribution in [0, 0.1) is 6.92 Å². The Kier molecular flexibility index (Phi) is 3.07. The van der Waals surface area contributed by atoms with Crippen LogP contribution in [-0.4, -0.2) is 0 Å². The molecule has 0 N–H and O–H groups in total. The van der Waals surface area contributed by atoms with E-state index in [2.05, 4.69) is 51.6 Å². The normalized spacial score (nSPS) is 13.5. The lowest BCUT2D eigenvalue weighted by Gasteiger charge is -2.01. The van der Waals surface area contributed by atoms with Crippen LogP contribution >= 0.6 is 0 Å². The molecule has 0 aliphatic carbocycles. The number of rotatable bonds is 1. The Bertz CT molecular complexity index is 422. The van der Waals surface area contributed by atoms with Crippen molar-refractivity contribution in [2.45, 2.75) is 20.8 Å². The highest BCUT2D eigenvalue weighted by Crippen LogP contribution is 2.01. The van der Waals surface area contributed by atoms with Gasteiger partial charge in [-0.3, -0.25) is 0 Å². The van der Waals surface area contributed by atoms with Gasteiger partial charge in [0, 0.05) is 0 Å². The third-order valence-electron chi connectivity index (χ3n) is 2.41. The fourth-order valence-electron chi connectivity index (χ4n) is 1.62. The molecule has 0 spiro atoms. The van der Waals surface area contributed by atoms with Crippen LogP contribution in [-0.2, 0) is 0 Å². The second kappa shape index (κ2) is 4.08. The molecule has 0 unspecified atom stereocenters. The molecule has 0 aromatic heterocycles. The second-order valence-corrected chi connectivity index (χ2v) is 3.06. The molecule has 68 valence electrons. The summed E-state index contributed by atoms with van der Waals surface area (Å²) in [5.74, 6) is 0. The van der Waals surface area contributed by atoms with E-state index in [1.807, 2.05) is 6.08 Å². The van der Waals surface area contributed by atoms with Gasteiger partial charge in [0.1, 0.15) is 0 Å². The van der Waals surface area contributed by atoms with E-state index in [4.69, 9.17) is 0 Å². The summed E-state index contributed by atoms with van der Waals surface area (Å²) in [4.78, 5) is 0. The first-order valence-electron chi connectivity index (χ1n) is 4.59.